The van der Waals surface area contributed by atoms with Gasteiger partial charge in [0, 0.05) is 23.8 Å². The fraction of sp³-hybridized carbons (Fsp3) is 0. The molecular weight excluding hydrogens is 398 g/mol. The van der Waals surface area contributed by atoms with Crippen molar-refractivity contribution in [3.63, 3.8) is 0 Å². The van der Waals surface area contributed by atoms with Crippen LogP contribution in [0.3, 0.4) is 0 Å². The second-order valence-corrected chi connectivity index (χ2v) is 6.39. The molecule has 1 heterocycles. The zero-order valence-electron chi connectivity index (χ0n) is 16.0. The molecule has 0 bridgehead atoms. The average molecular weight is 413 g/mol. The molecule has 1 aromatic heterocycles. The highest BCUT2D eigenvalue weighted by atomic mass is 16.6. The summed E-state index contributed by atoms with van der Waals surface area (Å²) >= 11 is 0. The molecule has 0 atom stereocenters. The molecule has 0 unspecified atom stereocenters. The number of ether oxygens (including phenoxy) is 2. The summed E-state index contributed by atoms with van der Waals surface area (Å²) in [6, 6.07) is 25.1. The van der Waals surface area contributed by atoms with Crippen LogP contribution in [0.5, 0.6) is 17.4 Å². The van der Waals surface area contributed by atoms with Gasteiger partial charge in [-0.3, -0.25) is 10.1 Å². The van der Waals surface area contributed by atoms with Crippen LogP contribution < -0.4 is 9.47 Å². The van der Waals surface area contributed by atoms with Gasteiger partial charge >= 0.3 is 5.97 Å². The van der Waals surface area contributed by atoms with E-state index in [1.807, 2.05) is 54.6 Å². The van der Waals surface area contributed by atoms with E-state index in [4.69, 9.17) is 9.47 Å². The topological polar surface area (TPSA) is 104 Å². The van der Waals surface area contributed by atoms with Gasteiger partial charge in [0.2, 0.25) is 5.88 Å². The number of para-hydroxylation sites is 1. The molecule has 0 N–H and O–H groups in total. The molecule has 8 heteroatoms. The maximum atomic E-state index is 12.2. The SMILES string of the molecule is O=C(Oc1ccc(-c2ccc(Oc3ccccc3)cc2)nn1)c1ccc([N+](=O)[O-])cc1. The molecule has 4 rings (SSSR count). The molecule has 0 saturated carbocycles. The van der Waals surface area contributed by atoms with Crippen molar-refractivity contribution in [2.75, 3.05) is 0 Å². The molecule has 0 aliphatic rings. The van der Waals surface area contributed by atoms with E-state index in [9.17, 15) is 14.9 Å². The molecule has 0 aliphatic heterocycles. The minimum Gasteiger partial charge on any atom is -0.457 e. The first-order valence-electron chi connectivity index (χ1n) is 9.22. The summed E-state index contributed by atoms with van der Waals surface area (Å²) in [5.74, 6) is 0.779. The highest BCUT2D eigenvalue weighted by molar-refractivity contribution is 5.91. The Kier molecular flexibility index (Phi) is 5.62. The fourth-order valence-electron chi connectivity index (χ4n) is 2.72. The van der Waals surface area contributed by atoms with Gasteiger partial charge in [-0.2, -0.15) is 0 Å². The van der Waals surface area contributed by atoms with Crippen LogP contribution in [-0.4, -0.2) is 21.1 Å². The molecule has 8 nitrogen and oxygen atoms in total. The normalized spacial score (nSPS) is 10.3. The third-order valence-electron chi connectivity index (χ3n) is 4.28. The lowest BCUT2D eigenvalue weighted by molar-refractivity contribution is -0.384. The van der Waals surface area contributed by atoms with Crippen LogP contribution in [0.1, 0.15) is 10.4 Å². The number of carbonyl (C=O) groups is 1. The summed E-state index contributed by atoms with van der Waals surface area (Å²) in [5, 5.41) is 18.7. The molecule has 0 radical (unpaired) electrons. The van der Waals surface area contributed by atoms with Gasteiger partial charge in [-0.15, -0.1) is 10.2 Å². The number of carbonyl (C=O) groups excluding carboxylic acids is 1. The Labute approximate surface area is 176 Å². The van der Waals surface area contributed by atoms with Crippen LogP contribution in [0, 0.1) is 10.1 Å². The van der Waals surface area contributed by atoms with Crippen LogP contribution >= 0.6 is 0 Å². The minimum atomic E-state index is -0.681. The van der Waals surface area contributed by atoms with E-state index in [0.29, 0.717) is 11.4 Å². The van der Waals surface area contributed by atoms with E-state index in [1.165, 1.54) is 30.3 Å². The van der Waals surface area contributed by atoms with E-state index in [2.05, 4.69) is 10.2 Å². The van der Waals surface area contributed by atoms with Gasteiger partial charge in [-0.05, 0) is 54.6 Å². The van der Waals surface area contributed by atoms with Gasteiger partial charge < -0.3 is 9.47 Å². The van der Waals surface area contributed by atoms with Gasteiger partial charge in [-0.1, -0.05) is 18.2 Å². The maximum Gasteiger partial charge on any atom is 0.344 e. The highest BCUT2D eigenvalue weighted by Gasteiger charge is 2.13. The Balaban J connectivity index is 1.40. The number of non-ortho nitro benzene ring substituents is 1. The number of nitro benzene ring substituents is 1. The Morgan fingerprint density at radius 1 is 0.774 bits per heavy atom. The van der Waals surface area contributed by atoms with Crippen molar-refractivity contribution in [2.45, 2.75) is 0 Å². The largest absolute Gasteiger partial charge is 0.457 e. The molecule has 0 spiro atoms. The van der Waals surface area contributed by atoms with E-state index in [1.54, 1.807) is 6.07 Å². The maximum absolute atomic E-state index is 12.2. The van der Waals surface area contributed by atoms with E-state index in [-0.39, 0.29) is 17.1 Å². The van der Waals surface area contributed by atoms with Gasteiger partial charge in [0.05, 0.1) is 16.2 Å². The number of rotatable bonds is 6. The van der Waals surface area contributed by atoms with E-state index in [0.717, 1.165) is 11.3 Å². The predicted octanol–water partition coefficient (Wildman–Crippen LogP) is 5.06. The Morgan fingerprint density at radius 2 is 1.45 bits per heavy atom. The summed E-state index contributed by atoms with van der Waals surface area (Å²) in [6.45, 7) is 0. The van der Waals surface area contributed by atoms with Crippen molar-refractivity contribution >= 4 is 11.7 Å². The second kappa shape index (κ2) is 8.83. The van der Waals surface area contributed by atoms with Crippen molar-refractivity contribution in [2.24, 2.45) is 0 Å². The first kappa shape index (κ1) is 19.7. The second-order valence-electron chi connectivity index (χ2n) is 6.39. The Morgan fingerprint density at radius 3 is 2.06 bits per heavy atom. The van der Waals surface area contributed by atoms with Crippen LogP contribution in [0.25, 0.3) is 11.3 Å². The molecule has 3 aromatic carbocycles. The van der Waals surface area contributed by atoms with Crippen molar-refractivity contribution in [1.29, 1.82) is 0 Å². The zero-order chi connectivity index (χ0) is 21.6. The Bertz CT molecular complexity index is 1190. The molecule has 31 heavy (non-hydrogen) atoms. The summed E-state index contributed by atoms with van der Waals surface area (Å²) in [7, 11) is 0. The Hall–Kier alpha value is -4.59. The standard InChI is InChI=1S/C23H15N3O5/c27-23(17-6-10-18(11-7-17)26(28)29)31-22-15-14-21(24-25-22)16-8-12-20(13-9-16)30-19-4-2-1-3-5-19/h1-15H. The van der Waals surface area contributed by atoms with Crippen LogP contribution in [0.15, 0.2) is 91.0 Å². The van der Waals surface area contributed by atoms with Crippen molar-refractivity contribution in [3.8, 4) is 28.6 Å². The molecule has 4 aromatic rings. The first-order chi connectivity index (χ1) is 15.1. The fourth-order valence-corrected chi connectivity index (χ4v) is 2.72. The number of benzene rings is 3. The van der Waals surface area contributed by atoms with Crippen LogP contribution in [0.2, 0.25) is 0 Å². The van der Waals surface area contributed by atoms with Gasteiger partial charge in [0.25, 0.3) is 5.69 Å². The number of nitrogens with zero attached hydrogens (tertiary/aromatic N) is 3. The molecule has 0 aliphatic carbocycles. The predicted molar refractivity (Wildman–Crippen MR) is 112 cm³/mol. The number of esters is 1. The van der Waals surface area contributed by atoms with Crippen LogP contribution in [0.4, 0.5) is 5.69 Å². The number of hydrogen-bond acceptors (Lipinski definition) is 7. The quantitative estimate of drug-likeness (QED) is 0.247. The summed E-state index contributed by atoms with van der Waals surface area (Å²) in [4.78, 5) is 22.3. The zero-order valence-corrected chi connectivity index (χ0v) is 16.0. The molecule has 152 valence electrons. The minimum absolute atomic E-state index is 0.0242. The molecule has 0 amide bonds. The number of aromatic nitrogens is 2. The lowest BCUT2D eigenvalue weighted by Crippen LogP contribution is -2.10. The van der Waals surface area contributed by atoms with Crippen molar-refractivity contribution in [3.05, 3.63) is 107 Å². The van der Waals surface area contributed by atoms with Gasteiger partial charge in [-0.25, -0.2) is 4.79 Å². The highest BCUT2D eigenvalue weighted by Crippen LogP contribution is 2.25. The van der Waals surface area contributed by atoms with E-state index < -0.39 is 10.9 Å². The summed E-state index contributed by atoms with van der Waals surface area (Å²) in [5.41, 5.74) is 1.48. The summed E-state index contributed by atoms with van der Waals surface area (Å²) < 4.78 is 10.9. The average Bonchev–Trinajstić information content (AvgIpc) is 2.81. The number of hydrogen-bond donors (Lipinski definition) is 0. The molecule has 0 fully saturated rings. The lowest BCUT2D eigenvalue weighted by Gasteiger charge is -2.07. The monoisotopic (exact) mass is 413 g/mol. The number of nitro groups is 1. The van der Waals surface area contributed by atoms with Crippen molar-refractivity contribution in [1.82, 2.24) is 10.2 Å². The molecule has 0 saturated heterocycles. The first-order valence-corrected chi connectivity index (χ1v) is 9.22. The third-order valence-corrected chi connectivity index (χ3v) is 4.28. The van der Waals surface area contributed by atoms with Crippen LogP contribution in [-0.2, 0) is 0 Å². The molecular formula is C23H15N3O5. The van der Waals surface area contributed by atoms with Gasteiger partial charge in [0.1, 0.15) is 11.5 Å². The smallest absolute Gasteiger partial charge is 0.344 e. The van der Waals surface area contributed by atoms with E-state index >= 15 is 0 Å². The van der Waals surface area contributed by atoms with Gasteiger partial charge in [0.15, 0.2) is 0 Å². The third kappa shape index (κ3) is 4.88. The van der Waals surface area contributed by atoms with Crippen molar-refractivity contribution < 1.29 is 19.2 Å². The summed E-state index contributed by atoms with van der Waals surface area (Å²) in [6.07, 6.45) is 0. The lowest BCUT2D eigenvalue weighted by atomic mass is 10.1.